The molecule has 98 valence electrons. The maximum absolute atomic E-state index is 12.3. The Balaban J connectivity index is 3.26. The summed E-state index contributed by atoms with van der Waals surface area (Å²) in [6, 6.07) is 3.55. The molecule has 0 aliphatic rings. The number of halogens is 3. The number of carbonyl (C=O) groups excluding carboxylic acids is 1. The lowest BCUT2D eigenvalue weighted by molar-refractivity contribution is -0.388. The van der Waals surface area contributed by atoms with Crippen molar-refractivity contribution >= 4 is 23.2 Å². The van der Waals surface area contributed by atoms with E-state index < -0.39 is 32.8 Å². The summed E-state index contributed by atoms with van der Waals surface area (Å²) in [6.45, 7) is 1.22. The molecule has 18 heavy (non-hydrogen) atoms. The van der Waals surface area contributed by atoms with E-state index in [1.54, 1.807) is 0 Å². The number of ketones is 1. The monoisotopic (exact) mass is 279 g/mol. The summed E-state index contributed by atoms with van der Waals surface area (Å²) in [5.74, 6) is -0.354. The molecule has 4 nitrogen and oxygen atoms in total. The van der Waals surface area contributed by atoms with Crippen LogP contribution in [-0.2, 0) is 11.2 Å². The first-order chi connectivity index (χ1) is 8.20. The topological polar surface area (TPSA) is 60.2 Å². The van der Waals surface area contributed by atoms with Crippen LogP contribution in [0.1, 0.15) is 12.5 Å². The van der Waals surface area contributed by atoms with Crippen molar-refractivity contribution in [2.75, 3.05) is 0 Å². The van der Waals surface area contributed by atoms with Gasteiger partial charge in [0, 0.05) is 12.0 Å². The van der Waals surface area contributed by atoms with E-state index in [1.807, 2.05) is 0 Å². The van der Waals surface area contributed by atoms with E-state index in [1.165, 1.54) is 19.1 Å². The van der Waals surface area contributed by atoms with Crippen molar-refractivity contribution in [3.8, 4) is 0 Å². The Labute approximate surface area is 104 Å². The fourth-order valence-corrected chi connectivity index (χ4v) is 2.09. The van der Waals surface area contributed by atoms with Crippen LogP contribution in [0.2, 0.25) is 0 Å². The van der Waals surface area contributed by atoms with Crippen LogP contribution in [0.15, 0.2) is 23.1 Å². The number of carbonyl (C=O) groups is 1. The zero-order valence-corrected chi connectivity index (χ0v) is 9.97. The fourth-order valence-electron chi connectivity index (χ4n) is 1.39. The van der Waals surface area contributed by atoms with Crippen LogP contribution < -0.4 is 0 Å². The van der Waals surface area contributed by atoms with E-state index >= 15 is 0 Å². The molecule has 1 aromatic carbocycles. The average molecular weight is 279 g/mol. The normalized spacial score (nSPS) is 11.3. The van der Waals surface area contributed by atoms with Crippen LogP contribution in [-0.4, -0.2) is 16.2 Å². The lowest BCUT2D eigenvalue weighted by Crippen LogP contribution is -2.05. The Morgan fingerprint density at radius 3 is 2.50 bits per heavy atom. The van der Waals surface area contributed by atoms with Crippen molar-refractivity contribution in [1.82, 2.24) is 0 Å². The van der Waals surface area contributed by atoms with Gasteiger partial charge in [0.05, 0.1) is 9.82 Å². The molecule has 0 fully saturated rings. The number of hydrogen-bond acceptors (Lipinski definition) is 4. The van der Waals surface area contributed by atoms with Crippen molar-refractivity contribution < 1.29 is 22.9 Å². The van der Waals surface area contributed by atoms with Gasteiger partial charge in [-0.1, -0.05) is 12.1 Å². The van der Waals surface area contributed by atoms with Crippen LogP contribution in [0.5, 0.6) is 0 Å². The Hall–Kier alpha value is -1.57. The van der Waals surface area contributed by atoms with E-state index in [0.717, 1.165) is 6.07 Å². The highest BCUT2D eigenvalue weighted by Gasteiger charge is 2.34. The number of Topliss-reactive ketones (excluding diaryl/α,β-unsaturated/α-hetero) is 1. The molecule has 0 unspecified atom stereocenters. The number of alkyl halides is 3. The van der Waals surface area contributed by atoms with Gasteiger partial charge in [-0.25, -0.2) is 0 Å². The van der Waals surface area contributed by atoms with Gasteiger partial charge in [0.25, 0.3) is 5.69 Å². The number of thioether (sulfide) groups is 1. The molecule has 1 rings (SSSR count). The highest BCUT2D eigenvalue weighted by atomic mass is 32.2. The summed E-state index contributed by atoms with van der Waals surface area (Å²) in [6.07, 6.45) is -0.261. The molecule has 0 amide bonds. The Morgan fingerprint density at radius 2 is 2.06 bits per heavy atom. The van der Waals surface area contributed by atoms with Crippen LogP contribution in [0.3, 0.4) is 0 Å². The SMILES string of the molecule is CC(=O)Cc1cccc(SC(F)(F)F)c1[N+](=O)[O-]. The summed E-state index contributed by atoms with van der Waals surface area (Å²) in [5, 5.41) is 10.8. The number of para-hydroxylation sites is 1. The molecule has 0 bridgehead atoms. The quantitative estimate of drug-likeness (QED) is 0.482. The summed E-state index contributed by atoms with van der Waals surface area (Å²) in [5.41, 5.74) is -5.28. The van der Waals surface area contributed by atoms with Gasteiger partial charge >= 0.3 is 5.51 Å². The molecule has 0 saturated carbocycles. The number of hydrogen-bond donors (Lipinski definition) is 0. The molecule has 0 atom stereocenters. The zero-order chi connectivity index (χ0) is 13.9. The molecule has 0 saturated heterocycles. The Kier molecular flexibility index (Phi) is 4.33. The number of nitrogens with zero attached hydrogens (tertiary/aromatic N) is 1. The predicted molar refractivity (Wildman–Crippen MR) is 59.4 cm³/mol. The van der Waals surface area contributed by atoms with Crippen molar-refractivity contribution in [1.29, 1.82) is 0 Å². The minimum Gasteiger partial charge on any atom is -0.300 e. The summed E-state index contributed by atoms with van der Waals surface area (Å²) < 4.78 is 36.8. The third-order valence-electron chi connectivity index (χ3n) is 1.93. The standard InChI is InChI=1S/C10H8F3NO3S/c1-6(15)5-7-3-2-4-8(9(7)14(16)17)18-10(11,12)13/h2-4H,5H2,1H3. The van der Waals surface area contributed by atoms with E-state index in [2.05, 4.69) is 0 Å². The third-order valence-corrected chi connectivity index (χ3v) is 2.71. The lowest BCUT2D eigenvalue weighted by atomic mass is 10.1. The maximum Gasteiger partial charge on any atom is 0.446 e. The molecular formula is C10H8F3NO3S. The van der Waals surface area contributed by atoms with E-state index in [4.69, 9.17) is 0 Å². The molecule has 0 aliphatic carbocycles. The van der Waals surface area contributed by atoms with Gasteiger partial charge in [-0.05, 0) is 24.8 Å². The second-order valence-electron chi connectivity index (χ2n) is 3.45. The predicted octanol–water partition coefficient (Wildman–Crippen LogP) is 3.34. The first-order valence-corrected chi connectivity index (χ1v) is 5.54. The van der Waals surface area contributed by atoms with E-state index in [9.17, 15) is 28.1 Å². The minimum atomic E-state index is -4.61. The average Bonchev–Trinajstić information content (AvgIpc) is 2.13. The first-order valence-electron chi connectivity index (χ1n) is 4.72. The molecule has 8 heteroatoms. The van der Waals surface area contributed by atoms with Gasteiger partial charge in [0.15, 0.2) is 0 Å². The largest absolute Gasteiger partial charge is 0.446 e. The zero-order valence-electron chi connectivity index (χ0n) is 9.15. The number of nitro benzene ring substituents is 1. The Morgan fingerprint density at radius 1 is 1.44 bits per heavy atom. The molecule has 0 N–H and O–H groups in total. The molecule has 0 heterocycles. The van der Waals surface area contributed by atoms with Gasteiger partial charge in [0.1, 0.15) is 5.78 Å². The minimum absolute atomic E-state index is 0.0123. The van der Waals surface area contributed by atoms with Gasteiger partial charge in [-0.3, -0.25) is 14.9 Å². The molecule has 0 radical (unpaired) electrons. The molecule has 0 aliphatic heterocycles. The van der Waals surface area contributed by atoms with Gasteiger partial charge < -0.3 is 0 Å². The molecular weight excluding hydrogens is 271 g/mol. The van der Waals surface area contributed by atoms with E-state index in [0.29, 0.717) is 0 Å². The summed E-state index contributed by atoms with van der Waals surface area (Å²) in [4.78, 5) is 20.4. The highest BCUT2D eigenvalue weighted by Crippen LogP contribution is 2.42. The molecule has 0 aromatic heterocycles. The second kappa shape index (κ2) is 5.38. The highest BCUT2D eigenvalue weighted by molar-refractivity contribution is 8.00. The first kappa shape index (κ1) is 14.5. The fraction of sp³-hybridized carbons (Fsp3) is 0.300. The second-order valence-corrected chi connectivity index (χ2v) is 4.55. The van der Waals surface area contributed by atoms with Gasteiger partial charge in [0.2, 0.25) is 0 Å². The number of benzene rings is 1. The van der Waals surface area contributed by atoms with Crippen molar-refractivity contribution in [2.24, 2.45) is 0 Å². The maximum atomic E-state index is 12.3. The van der Waals surface area contributed by atoms with Crippen LogP contribution >= 0.6 is 11.8 Å². The summed E-state index contributed by atoms with van der Waals surface area (Å²) >= 11 is -0.556. The summed E-state index contributed by atoms with van der Waals surface area (Å²) in [7, 11) is 0. The molecule has 0 spiro atoms. The van der Waals surface area contributed by atoms with E-state index in [-0.39, 0.29) is 17.8 Å². The third kappa shape index (κ3) is 4.02. The van der Waals surface area contributed by atoms with Crippen LogP contribution in [0.25, 0.3) is 0 Å². The van der Waals surface area contributed by atoms with Crippen molar-refractivity contribution in [3.63, 3.8) is 0 Å². The van der Waals surface area contributed by atoms with Crippen molar-refractivity contribution in [2.45, 2.75) is 23.7 Å². The number of rotatable bonds is 4. The van der Waals surface area contributed by atoms with Gasteiger partial charge in [-0.15, -0.1) is 0 Å². The lowest BCUT2D eigenvalue weighted by Gasteiger charge is -2.08. The Bertz CT molecular complexity index is 488. The van der Waals surface area contributed by atoms with Crippen molar-refractivity contribution in [3.05, 3.63) is 33.9 Å². The number of nitro groups is 1. The van der Waals surface area contributed by atoms with Crippen LogP contribution in [0, 0.1) is 10.1 Å². The molecule has 1 aromatic rings. The van der Waals surface area contributed by atoms with Gasteiger partial charge in [-0.2, -0.15) is 13.2 Å². The van der Waals surface area contributed by atoms with Crippen LogP contribution in [0.4, 0.5) is 18.9 Å². The smallest absolute Gasteiger partial charge is 0.300 e.